The first-order valence-corrected chi connectivity index (χ1v) is 11.5. The van der Waals surface area contributed by atoms with Crippen LogP contribution < -0.4 is 4.90 Å². The van der Waals surface area contributed by atoms with E-state index < -0.39 is 5.60 Å². The number of piperidine rings is 1. The van der Waals surface area contributed by atoms with Crippen molar-refractivity contribution >= 4 is 11.6 Å². The molecule has 4 heteroatoms. The van der Waals surface area contributed by atoms with Crippen molar-refractivity contribution in [3.8, 4) is 0 Å². The van der Waals surface area contributed by atoms with Crippen LogP contribution in [-0.2, 0) is 0 Å². The van der Waals surface area contributed by atoms with Gasteiger partial charge in [0.15, 0.2) is 0 Å². The molecule has 2 aliphatic rings. The third-order valence-electron chi connectivity index (χ3n) is 7.21. The Bertz CT molecular complexity index is 847. The van der Waals surface area contributed by atoms with Crippen molar-refractivity contribution in [2.75, 3.05) is 24.5 Å². The molecule has 1 heterocycles. The second kappa shape index (κ2) is 8.81. The molecule has 0 bridgehead atoms. The smallest absolute Gasteiger partial charge is 0.254 e. The summed E-state index contributed by atoms with van der Waals surface area (Å²) in [6, 6.07) is 18.2. The van der Waals surface area contributed by atoms with E-state index in [0.717, 1.165) is 49.9 Å². The van der Waals surface area contributed by atoms with E-state index in [0.29, 0.717) is 13.0 Å². The standard InChI is InChI=1S/C26H34N2O2/c1-3-27(4-2)22-15-13-20(14-16-22)24-23-12-8-9-17-26(23,30)18-19-28(24)25(29)21-10-6-5-7-11-21/h5-7,10-11,13-16,23-24,30H,3-4,8-9,12,17-19H2,1-2H3/t23-,24-,26+/m1/s1. The lowest BCUT2D eigenvalue weighted by Crippen LogP contribution is -2.56. The molecule has 2 aromatic rings. The summed E-state index contributed by atoms with van der Waals surface area (Å²) in [5.41, 5.74) is 2.41. The number of aliphatic hydroxyl groups is 1. The second-order valence-corrected chi connectivity index (χ2v) is 8.78. The Morgan fingerprint density at radius 1 is 1.03 bits per heavy atom. The van der Waals surface area contributed by atoms with Gasteiger partial charge in [-0.1, -0.05) is 43.2 Å². The van der Waals surface area contributed by atoms with Gasteiger partial charge < -0.3 is 14.9 Å². The summed E-state index contributed by atoms with van der Waals surface area (Å²) in [5.74, 6) is 0.160. The zero-order valence-electron chi connectivity index (χ0n) is 18.3. The average Bonchev–Trinajstić information content (AvgIpc) is 2.79. The van der Waals surface area contributed by atoms with Crippen LogP contribution in [0.3, 0.4) is 0 Å². The van der Waals surface area contributed by atoms with Gasteiger partial charge in [-0.15, -0.1) is 0 Å². The van der Waals surface area contributed by atoms with E-state index in [1.807, 2.05) is 35.2 Å². The molecule has 1 saturated heterocycles. The first kappa shape index (κ1) is 20.9. The van der Waals surface area contributed by atoms with Crippen LogP contribution in [0.2, 0.25) is 0 Å². The van der Waals surface area contributed by atoms with Crippen molar-refractivity contribution in [3.63, 3.8) is 0 Å². The molecule has 1 saturated carbocycles. The SMILES string of the molecule is CCN(CC)c1ccc([C@@H]2[C@H]3CCCC[C@]3(O)CCN2C(=O)c2ccccc2)cc1. The molecule has 1 aliphatic carbocycles. The molecule has 3 atom stereocenters. The highest BCUT2D eigenvalue weighted by molar-refractivity contribution is 5.94. The summed E-state index contributed by atoms with van der Waals surface area (Å²) in [7, 11) is 0. The maximum absolute atomic E-state index is 13.5. The fourth-order valence-corrected chi connectivity index (χ4v) is 5.54. The van der Waals surface area contributed by atoms with E-state index in [1.54, 1.807) is 0 Å². The number of anilines is 1. The molecule has 160 valence electrons. The Labute approximate surface area is 180 Å². The molecule has 2 fully saturated rings. The van der Waals surface area contributed by atoms with Crippen LogP contribution >= 0.6 is 0 Å². The number of carbonyl (C=O) groups excluding carboxylic acids is 1. The predicted molar refractivity (Wildman–Crippen MR) is 122 cm³/mol. The van der Waals surface area contributed by atoms with Gasteiger partial charge in [-0.3, -0.25) is 4.79 Å². The van der Waals surface area contributed by atoms with Crippen molar-refractivity contribution in [3.05, 3.63) is 65.7 Å². The minimum atomic E-state index is -0.659. The Morgan fingerprint density at radius 3 is 2.40 bits per heavy atom. The van der Waals surface area contributed by atoms with Crippen LogP contribution in [0.1, 0.15) is 67.9 Å². The zero-order valence-corrected chi connectivity index (χ0v) is 18.3. The van der Waals surface area contributed by atoms with Crippen LogP contribution in [0.15, 0.2) is 54.6 Å². The summed E-state index contributed by atoms with van der Waals surface area (Å²) in [5, 5.41) is 11.5. The van der Waals surface area contributed by atoms with E-state index in [-0.39, 0.29) is 17.9 Å². The minimum Gasteiger partial charge on any atom is -0.389 e. The molecule has 2 aromatic carbocycles. The third kappa shape index (κ3) is 3.85. The monoisotopic (exact) mass is 406 g/mol. The lowest BCUT2D eigenvalue weighted by molar-refractivity contribution is -0.115. The van der Waals surface area contributed by atoms with Crippen molar-refractivity contribution in [1.82, 2.24) is 4.90 Å². The van der Waals surface area contributed by atoms with Gasteiger partial charge in [-0.2, -0.15) is 0 Å². The summed E-state index contributed by atoms with van der Waals surface area (Å²) in [6.45, 7) is 6.88. The molecule has 4 rings (SSSR count). The molecule has 1 aliphatic heterocycles. The fraction of sp³-hybridized carbons (Fsp3) is 0.500. The van der Waals surface area contributed by atoms with Crippen molar-refractivity contribution in [2.45, 2.75) is 57.6 Å². The highest BCUT2D eigenvalue weighted by Gasteiger charge is 2.50. The predicted octanol–water partition coefficient (Wildman–Crippen LogP) is 5.04. The van der Waals surface area contributed by atoms with Crippen LogP contribution in [0.4, 0.5) is 5.69 Å². The summed E-state index contributed by atoms with van der Waals surface area (Å²) in [4.78, 5) is 17.8. The largest absolute Gasteiger partial charge is 0.389 e. The van der Waals surface area contributed by atoms with Crippen molar-refractivity contribution in [2.24, 2.45) is 5.92 Å². The molecule has 0 radical (unpaired) electrons. The number of carbonyl (C=O) groups is 1. The number of nitrogens with zero attached hydrogens (tertiary/aromatic N) is 2. The summed E-state index contributed by atoms with van der Waals surface area (Å²) in [6.07, 6.45) is 4.68. The number of hydrogen-bond donors (Lipinski definition) is 1. The molecule has 0 spiro atoms. The normalized spacial score (nSPS) is 26.2. The van der Waals surface area contributed by atoms with Gasteiger partial charge in [0.05, 0.1) is 11.6 Å². The van der Waals surface area contributed by atoms with Gasteiger partial charge in [-0.25, -0.2) is 0 Å². The van der Waals surface area contributed by atoms with Gasteiger partial charge >= 0.3 is 0 Å². The first-order chi connectivity index (χ1) is 14.6. The molecule has 0 unspecified atom stereocenters. The van der Waals surface area contributed by atoms with E-state index in [2.05, 4.69) is 43.0 Å². The summed E-state index contributed by atoms with van der Waals surface area (Å²) < 4.78 is 0. The van der Waals surface area contributed by atoms with Crippen LogP contribution in [0, 0.1) is 5.92 Å². The topological polar surface area (TPSA) is 43.8 Å². The number of likely N-dealkylation sites (tertiary alicyclic amines) is 1. The second-order valence-electron chi connectivity index (χ2n) is 8.78. The molecule has 1 N–H and O–H groups in total. The maximum atomic E-state index is 13.5. The van der Waals surface area contributed by atoms with Crippen LogP contribution in [0.5, 0.6) is 0 Å². The Hall–Kier alpha value is -2.33. The molecular weight excluding hydrogens is 372 g/mol. The van der Waals surface area contributed by atoms with E-state index >= 15 is 0 Å². The minimum absolute atomic E-state index is 0.0704. The maximum Gasteiger partial charge on any atom is 0.254 e. The quantitative estimate of drug-likeness (QED) is 0.756. The summed E-state index contributed by atoms with van der Waals surface area (Å²) >= 11 is 0. The molecule has 1 amide bonds. The molecule has 30 heavy (non-hydrogen) atoms. The van der Waals surface area contributed by atoms with Crippen LogP contribution in [-0.4, -0.2) is 41.1 Å². The van der Waals surface area contributed by atoms with Crippen molar-refractivity contribution < 1.29 is 9.90 Å². The lowest BCUT2D eigenvalue weighted by atomic mass is 9.66. The van der Waals surface area contributed by atoms with E-state index in [9.17, 15) is 9.90 Å². The Balaban J connectivity index is 1.71. The average molecular weight is 407 g/mol. The van der Waals surface area contributed by atoms with Gasteiger partial charge in [0, 0.05) is 36.8 Å². The van der Waals surface area contributed by atoms with Gasteiger partial charge in [0.25, 0.3) is 5.91 Å². The van der Waals surface area contributed by atoms with Gasteiger partial charge in [-0.05, 0) is 62.9 Å². The van der Waals surface area contributed by atoms with Crippen molar-refractivity contribution in [1.29, 1.82) is 0 Å². The first-order valence-electron chi connectivity index (χ1n) is 11.5. The third-order valence-corrected chi connectivity index (χ3v) is 7.21. The highest BCUT2D eigenvalue weighted by Crippen LogP contribution is 2.49. The molecule has 0 aromatic heterocycles. The molecular formula is C26H34N2O2. The van der Waals surface area contributed by atoms with Crippen LogP contribution in [0.25, 0.3) is 0 Å². The fourth-order valence-electron chi connectivity index (χ4n) is 5.54. The number of rotatable bonds is 5. The molecule has 4 nitrogen and oxygen atoms in total. The number of fused-ring (bicyclic) bond motifs is 1. The lowest BCUT2D eigenvalue weighted by Gasteiger charge is -2.52. The highest BCUT2D eigenvalue weighted by atomic mass is 16.3. The van der Waals surface area contributed by atoms with Gasteiger partial charge in [0.2, 0.25) is 0 Å². The number of hydrogen-bond acceptors (Lipinski definition) is 3. The van der Waals surface area contributed by atoms with E-state index in [4.69, 9.17) is 0 Å². The number of benzene rings is 2. The zero-order chi connectivity index (χ0) is 21.1. The van der Waals surface area contributed by atoms with Gasteiger partial charge in [0.1, 0.15) is 0 Å². The van der Waals surface area contributed by atoms with E-state index in [1.165, 1.54) is 5.69 Å². The Kier molecular flexibility index (Phi) is 6.14. The Morgan fingerprint density at radius 2 is 1.73 bits per heavy atom. The number of amides is 1.